The highest BCUT2D eigenvalue weighted by Crippen LogP contribution is 2.49. The lowest BCUT2D eigenvalue weighted by molar-refractivity contribution is -0.137. The molecule has 1 aliphatic carbocycles. The van der Waals surface area contributed by atoms with Crippen LogP contribution in [0.15, 0.2) is 41.1 Å². The Kier molecular flexibility index (Phi) is 3.64. The SMILES string of the molecule is O=C1CCc2cc(OC(=O)C3(c4cncc(Br)c4)CC3)ccc2N1. The molecule has 2 aliphatic rings. The van der Waals surface area contributed by atoms with Gasteiger partial charge in [-0.3, -0.25) is 14.6 Å². The van der Waals surface area contributed by atoms with Crippen LogP contribution in [-0.2, 0) is 21.4 Å². The van der Waals surface area contributed by atoms with Crippen molar-refractivity contribution in [2.75, 3.05) is 5.32 Å². The summed E-state index contributed by atoms with van der Waals surface area (Å²) in [5, 5.41) is 2.82. The van der Waals surface area contributed by atoms with Crippen molar-refractivity contribution in [3.63, 3.8) is 0 Å². The third-order valence-electron chi connectivity index (χ3n) is 4.58. The molecular formula is C18H15BrN2O3. The number of halogens is 1. The summed E-state index contributed by atoms with van der Waals surface area (Å²) in [6.45, 7) is 0. The number of aromatic nitrogens is 1. The third-order valence-corrected chi connectivity index (χ3v) is 5.01. The van der Waals surface area contributed by atoms with Gasteiger partial charge in [-0.2, -0.15) is 0 Å². The number of hydrogen-bond acceptors (Lipinski definition) is 4. The van der Waals surface area contributed by atoms with Crippen molar-refractivity contribution < 1.29 is 14.3 Å². The Labute approximate surface area is 147 Å². The van der Waals surface area contributed by atoms with Crippen LogP contribution >= 0.6 is 15.9 Å². The zero-order chi connectivity index (χ0) is 16.7. The second-order valence-corrected chi connectivity index (χ2v) is 7.15. The molecule has 1 fully saturated rings. The predicted molar refractivity (Wildman–Crippen MR) is 91.9 cm³/mol. The Hall–Kier alpha value is -2.21. The van der Waals surface area contributed by atoms with Gasteiger partial charge in [0.25, 0.3) is 0 Å². The molecule has 6 heteroatoms. The van der Waals surface area contributed by atoms with Gasteiger partial charge < -0.3 is 10.1 Å². The molecular weight excluding hydrogens is 372 g/mol. The standard InChI is InChI=1S/C18H15BrN2O3/c19-13-8-12(9-20-10-13)18(5-6-18)17(23)24-14-2-3-15-11(7-14)1-4-16(22)21-15/h2-3,7-10H,1,4-6H2,(H,21,22). The highest BCUT2D eigenvalue weighted by atomic mass is 79.9. The topological polar surface area (TPSA) is 68.3 Å². The Bertz CT molecular complexity index is 846. The molecule has 2 heterocycles. The molecule has 1 aromatic carbocycles. The summed E-state index contributed by atoms with van der Waals surface area (Å²) in [6.07, 6.45) is 6.07. The van der Waals surface area contributed by atoms with Gasteiger partial charge in [0.05, 0.1) is 5.41 Å². The van der Waals surface area contributed by atoms with Crippen molar-refractivity contribution in [3.8, 4) is 5.75 Å². The fourth-order valence-corrected chi connectivity index (χ4v) is 3.40. The number of rotatable bonds is 3. The minimum Gasteiger partial charge on any atom is -0.426 e. The molecule has 1 aromatic heterocycles. The molecule has 2 aromatic rings. The highest BCUT2D eigenvalue weighted by molar-refractivity contribution is 9.10. The number of anilines is 1. The zero-order valence-electron chi connectivity index (χ0n) is 12.8. The first-order chi connectivity index (χ1) is 11.6. The predicted octanol–water partition coefficient (Wildman–Crippen LogP) is 3.37. The summed E-state index contributed by atoms with van der Waals surface area (Å²) in [4.78, 5) is 28.2. The molecule has 1 N–H and O–H groups in total. The van der Waals surface area contributed by atoms with Gasteiger partial charge in [0, 0.05) is 29.0 Å². The second kappa shape index (κ2) is 5.70. The number of benzene rings is 1. The molecule has 0 spiro atoms. The van der Waals surface area contributed by atoms with E-state index in [1.165, 1.54) is 0 Å². The van der Waals surface area contributed by atoms with Gasteiger partial charge in [0.2, 0.25) is 5.91 Å². The molecule has 5 nitrogen and oxygen atoms in total. The molecule has 0 unspecified atom stereocenters. The van der Waals surface area contributed by atoms with E-state index < -0.39 is 5.41 Å². The zero-order valence-corrected chi connectivity index (χ0v) is 14.4. The fraction of sp³-hybridized carbons (Fsp3) is 0.278. The van der Waals surface area contributed by atoms with Crippen LogP contribution in [0.2, 0.25) is 0 Å². The summed E-state index contributed by atoms with van der Waals surface area (Å²) >= 11 is 3.40. The number of nitrogens with one attached hydrogen (secondary N) is 1. The largest absolute Gasteiger partial charge is 0.426 e. The van der Waals surface area contributed by atoms with Crippen molar-refractivity contribution in [1.82, 2.24) is 4.98 Å². The minimum atomic E-state index is -0.582. The molecule has 1 saturated carbocycles. The summed E-state index contributed by atoms with van der Waals surface area (Å²) in [6, 6.07) is 7.26. The van der Waals surface area contributed by atoms with Gasteiger partial charge >= 0.3 is 5.97 Å². The first-order valence-electron chi connectivity index (χ1n) is 7.83. The van der Waals surface area contributed by atoms with Crippen LogP contribution in [0.25, 0.3) is 0 Å². The smallest absolute Gasteiger partial charge is 0.322 e. The van der Waals surface area contributed by atoms with Crippen molar-refractivity contribution in [2.24, 2.45) is 0 Å². The number of carbonyl (C=O) groups excluding carboxylic acids is 2. The lowest BCUT2D eigenvalue weighted by atomic mass is 9.98. The summed E-state index contributed by atoms with van der Waals surface area (Å²) < 4.78 is 6.48. The third kappa shape index (κ3) is 2.71. The minimum absolute atomic E-state index is 0.0198. The number of nitrogens with zero attached hydrogens (tertiary/aromatic N) is 1. The van der Waals surface area contributed by atoms with Gasteiger partial charge in [0.15, 0.2) is 0 Å². The van der Waals surface area contributed by atoms with Crippen LogP contribution in [0.3, 0.4) is 0 Å². The molecule has 1 amide bonds. The molecule has 0 radical (unpaired) electrons. The monoisotopic (exact) mass is 386 g/mol. The summed E-state index contributed by atoms with van der Waals surface area (Å²) in [5.74, 6) is 0.289. The number of pyridine rings is 1. The Balaban J connectivity index is 1.55. The normalized spacial score (nSPS) is 17.6. The molecule has 1 aliphatic heterocycles. The number of carbonyl (C=O) groups is 2. The van der Waals surface area contributed by atoms with Gasteiger partial charge in [-0.1, -0.05) is 0 Å². The van der Waals surface area contributed by atoms with E-state index in [1.54, 1.807) is 24.5 Å². The quantitative estimate of drug-likeness (QED) is 0.648. The van der Waals surface area contributed by atoms with E-state index >= 15 is 0 Å². The van der Waals surface area contributed by atoms with Gasteiger partial charge in [-0.05, 0) is 70.6 Å². The van der Waals surface area contributed by atoms with E-state index in [0.29, 0.717) is 18.6 Å². The maximum Gasteiger partial charge on any atom is 0.322 e. The van der Waals surface area contributed by atoms with E-state index in [9.17, 15) is 9.59 Å². The number of amides is 1. The Morgan fingerprint density at radius 3 is 2.79 bits per heavy atom. The molecule has 4 rings (SSSR count). The molecule has 122 valence electrons. The molecule has 0 bridgehead atoms. The van der Waals surface area contributed by atoms with E-state index in [1.807, 2.05) is 12.1 Å². The van der Waals surface area contributed by atoms with E-state index in [4.69, 9.17) is 4.74 Å². The Morgan fingerprint density at radius 1 is 1.21 bits per heavy atom. The number of aryl methyl sites for hydroxylation is 1. The molecule has 24 heavy (non-hydrogen) atoms. The molecule has 0 atom stereocenters. The summed E-state index contributed by atoms with van der Waals surface area (Å²) in [7, 11) is 0. The van der Waals surface area contributed by atoms with E-state index in [2.05, 4.69) is 26.2 Å². The first kappa shape index (κ1) is 15.3. The number of esters is 1. The van der Waals surface area contributed by atoms with Crippen molar-refractivity contribution in [2.45, 2.75) is 31.1 Å². The first-order valence-corrected chi connectivity index (χ1v) is 8.62. The van der Waals surface area contributed by atoms with Crippen LogP contribution in [0.4, 0.5) is 5.69 Å². The van der Waals surface area contributed by atoms with Gasteiger partial charge in [0.1, 0.15) is 5.75 Å². The van der Waals surface area contributed by atoms with Crippen LogP contribution < -0.4 is 10.1 Å². The maximum atomic E-state index is 12.7. The molecule has 0 saturated heterocycles. The van der Waals surface area contributed by atoms with Crippen LogP contribution in [0, 0.1) is 0 Å². The van der Waals surface area contributed by atoms with Crippen molar-refractivity contribution >= 4 is 33.5 Å². The average molecular weight is 387 g/mol. The van der Waals surface area contributed by atoms with E-state index in [-0.39, 0.29) is 11.9 Å². The fourth-order valence-electron chi connectivity index (χ4n) is 3.04. The lowest BCUT2D eigenvalue weighted by Gasteiger charge is -2.19. The second-order valence-electron chi connectivity index (χ2n) is 6.23. The Morgan fingerprint density at radius 2 is 2.04 bits per heavy atom. The number of fused-ring (bicyclic) bond motifs is 1. The maximum absolute atomic E-state index is 12.7. The number of ether oxygens (including phenoxy) is 1. The van der Waals surface area contributed by atoms with Gasteiger partial charge in [-0.15, -0.1) is 0 Å². The average Bonchev–Trinajstić information content (AvgIpc) is 3.37. The lowest BCUT2D eigenvalue weighted by Crippen LogP contribution is -2.26. The highest BCUT2D eigenvalue weighted by Gasteiger charge is 2.53. The van der Waals surface area contributed by atoms with Crippen LogP contribution in [0.5, 0.6) is 5.75 Å². The van der Waals surface area contributed by atoms with Gasteiger partial charge in [-0.25, -0.2) is 0 Å². The van der Waals surface area contributed by atoms with Crippen molar-refractivity contribution in [1.29, 1.82) is 0 Å². The van der Waals surface area contributed by atoms with E-state index in [0.717, 1.165) is 34.1 Å². The van der Waals surface area contributed by atoms with Crippen LogP contribution in [-0.4, -0.2) is 16.9 Å². The van der Waals surface area contributed by atoms with Crippen molar-refractivity contribution in [3.05, 3.63) is 52.3 Å². The summed E-state index contributed by atoms with van der Waals surface area (Å²) in [5.41, 5.74) is 2.09. The van der Waals surface area contributed by atoms with Crippen LogP contribution in [0.1, 0.15) is 30.4 Å². The number of hydrogen-bond donors (Lipinski definition) is 1.